The maximum atomic E-state index is 11.5. The zero-order valence-corrected chi connectivity index (χ0v) is 9.07. The maximum absolute atomic E-state index is 11.5. The summed E-state index contributed by atoms with van der Waals surface area (Å²) in [5.74, 6) is -0.719. The number of para-hydroxylation sites is 1. The zero-order valence-electron chi connectivity index (χ0n) is 9.07. The van der Waals surface area contributed by atoms with Crippen molar-refractivity contribution in [1.29, 1.82) is 0 Å². The van der Waals surface area contributed by atoms with E-state index in [-0.39, 0.29) is 17.3 Å². The van der Waals surface area contributed by atoms with Gasteiger partial charge in [0.05, 0.1) is 6.21 Å². The van der Waals surface area contributed by atoms with Crippen LogP contribution in [0.5, 0.6) is 5.75 Å². The van der Waals surface area contributed by atoms with E-state index in [1.807, 2.05) is 0 Å². The van der Waals surface area contributed by atoms with Gasteiger partial charge in [-0.15, -0.1) is 0 Å². The first-order valence-corrected chi connectivity index (χ1v) is 4.88. The van der Waals surface area contributed by atoms with Crippen LogP contribution in [0.3, 0.4) is 0 Å². The number of benzene rings is 1. The van der Waals surface area contributed by atoms with Crippen LogP contribution in [0.4, 0.5) is 5.82 Å². The van der Waals surface area contributed by atoms with E-state index in [1.165, 1.54) is 12.3 Å². The van der Waals surface area contributed by atoms with Crippen molar-refractivity contribution in [3.05, 3.63) is 35.5 Å². The molecule has 1 aromatic heterocycles. The first-order valence-electron chi connectivity index (χ1n) is 4.88. The third-order valence-corrected chi connectivity index (χ3v) is 2.04. The molecule has 0 aliphatic carbocycles. The van der Waals surface area contributed by atoms with Gasteiger partial charge in [-0.1, -0.05) is 12.1 Å². The fraction of sp³-hybridized carbons (Fsp3) is 0. The van der Waals surface area contributed by atoms with Gasteiger partial charge in [0.25, 0.3) is 5.91 Å². The normalized spacial score (nSPS) is 10.7. The van der Waals surface area contributed by atoms with Crippen LogP contribution in [0.15, 0.2) is 34.0 Å². The summed E-state index contributed by atoms with van der Waals surface area (Å²) in [6.07, 6.45) is 1.29. The molecular weight excluding hydrogens is 238 g/mol. The molecule has 1 heterocycles. The topological polar surface area (TPSA) is 127 Å². The first kappa shape index (κ1) is 11.6. The van der Waals surface area contributed by atoms with Gasteiger partial charge < -0.3 is 10.8 Å². The summed E-state index contributed by atoms with van der Waals surface area (Å²) in [5.41, 5.74) is 7.82. The average molecular weight is 247 g/mol. The number of anilines is 1. The van der Waals surface area contributed by atoms with E-state index in [2.05, 4.69) is 25.5 Å². The van der Waals surface area contributed by atoms with Gasteiger partial charge in [-0.25, -0.2) is 10.1 Å². The van der Waals surface area contributed by atoms with E-state index in [9.17, 15) is 9.90 Å². The molecule has 0 radical (unpaired) electrons. The molecule has 0 unspecified atom stereocenters. The predicted molar refractivity (Wildman–Crippen MR) is 61.9 cm³/mol. The summed E-state index contributed by atoms with van der Waals surface area (Å²) >= 11 is 0. The Morgan fingerprint density at radius 2 is 2.22 bits per heavy atom. The Balaban J connectivity index is 2.03. The van der Waals surface area contributed by atoms with Crippen molar-refractivity contribution in [2.45, 2.75) is 0 Å². The average Bonchev–Trinajstić information content (AvgIpc) is 2.78. The molecule has 0 bridgehead atoms. The Morgan fingerprint density at radius 1 is 1.44 bits per heavy atom. The van der Waals surface area contributed by atoms with Crippen LogP contribution in [0.25, 0.3) is 0 Å². The number of amides is 1. The molecule has 8 nitrogen and oxygen atoms in total. The standard InChI is InChI=1S/C10H9N5O3/c11-9-8(14-18-15-9)10(17)13-12-5-6-3-1-2-4-7(6)16/h1-5,16H,(H2,11,15)(H,13,17)/b12-5-. The van der Waals surface area contributed by atoms with Gasteiger partial charge in [0.1, 0.15) is 5.75 Å². The minimum absolute atomic E-state index is 0.0538. The SMILES string of the molecule is Nc1nonc1C(=O)N/N=C\c1ccccc1O. The van der Waals surface area contributed by atoms with Gasteiger partial charge in [0, 0.05) is 5.56 Å². The third-order valence-electron chi connectivity index (χ3n) is 2.04. The van der Waals surface area contributed by atoms with E-state index in [0.717, 1.165) is 0 Å². The molecule has 1 aromatic carbocycles. The molecule has 0 saturated carbocycles. The van der Waals surface area contributed by atoms with Crippen LogP contribution in [-0.2, 0) is 0 Å². The number of nitrogens with zero attached hydrogens (tertiary/aromatic N) is 3. The van der Waals surface area contributed by atoms with Crippen molar-refractivity contribution in [2.24, 2.45) is 5.10 Å². The summed E-state index contributed by atoms with van der Waals surface area (Å²) in [6, 6.07) is 6.54. The van der Waals surface area contributed by atoms with E-state index < -0.39 is 5.91 Å². The molecule has 0 atom stereocenters. The molecule has 2 rings (SSSR count). The summed E-state index contributed by atoms with van der Waals surface area (Å²) in [6.45, 7) is 0. The highest BCUT2D eigenvalue weighted by molar-refractivity contribution is 5.96. The number of hydrogen-bond donors (Lipinski definition) is 3. The highest BCUT2D eigenvalue weighted by Gasteiger charge is 2.14. The molecule has 18 heavy (non-hydrogen) atoms. The van der Waals surface area contributed by atoms with E-state index in [0.29, 0.717) is 5.56 Å². The van der Waals surface area contributed by atoms with Crippen LogP contribution < -0.4 is 11.2 Å². The van der Waals surface area contributed by atoms with Gasteiger partial charge in [-0.2, -0.15) is 5.10 Å². The van der Waals surface area contributed by atoms with Gasteiger partial charge >= 0.3 is 0 Å². The number of aromatic nitrogens is 2. The summed E-state index contributed by atoms with van der Waals surface area (Å²) in [5, 5.41) is 19.7. The van der Waals surface area contributed by atoms with Gasteiger partial charge in [0.2, 0.25) is 11.5 Å². The number of aromatic hydroxyl groups is 1. The molecule has 8 heteroatoms. The van der Waals surface area contributed by atoms with Crippen LogP contribution in [0.1, 0.15) is 16.1 Å². The van der Waals surface area contributed by atoms with Crippen LogP contribution in [0, 0.1) is 0 Å². The largest absolute Gasteiger partial charge is 0.507 e. The van der Waals surface area contributed by atoms with Crippen molar-refractivity contribution < 1.29 is 14.5 Å². The molecule has 0 aliphatic heterocycles. The van der Waals surface area contributed by atoms with Crippen molar-refractivity contribution in [1.82, 2.24) is 15.7 Å². The molecule has 0 spiro atoms. The Labute approximate surface area is 101 Å². The lowest BCUT2D eigenvalue weighted by molar-refractivity contribution is 0.0946. The second-order valence-electron chi connectivity index (χ2n) is 3.26. The lowest BCUT2D eigenvalue weighted by atomic mass is 10.2. The summed E-state index contributed by atoms with van der Waals surface area (Å²) < 4.78 is 4.27. The molecule has 92 valence electrons. The number of rotatable bonds is 3. The smallest absolute Gasteiger partial charge is 0.297 e. The second-order valence-corrected chi connectivity index (χ2v) is 3.26. The quantitative estimate of drug-likeness (QED) is 0.522. The van der Waals surface area contributed by atoms with Crippen molar-refractivity contribution in [2.75, 3.05) is 5.73 Å². The molecule has 1 amide bonds. The second kappa shape index (κ2) is 4.95. The minimum Gasteiger partial charge on any atom is -0.507 e. The van der Waals surface area contributed by atoms with Gasteiger partial charge in [-0.3, -0.25) is 4.79 Å². The summed E-state index contributed by atoms with van der Waals surface area (Å²) in [7, 11) is 0. The molecule has 0 saturated heterocycles. The number of nitrogens with two attached hydrogens (primary N) is 1. The number of nitrogen functional groups attached to an aromatic ring is 1. The molecule has 2 aromatic rings. The van der Waals surface area contributed by atoms with Crippen LogP contribution >= 0.6 is 0 Å². The number of hydrogen-bond acceptors (Lipinski definition) is 7. The molecule has 4 N–H and O–H groups in total. The van der Waals surface area contributed by atoms with Crippen molar-refractivity contribution in [3.8, 4) is 5.75 Å². The number of carbonyl (C=O) groups is 1. The minimum atomic E-state index is -0.652. The Hall–Kier alpha value is -2.90. The predicted octanol–water partition coefficient (Wildman–Crippen LogP) is 0.121. The van der Waals surface area contributed by atoms with E-state index in [4.69, 9.17) is 5.73 Å². The van der Waals surface area contributed by atoms with Crippen LogP contribution in [0.2, 0.25) is 0 Å². The number of carbonyl (C=O) groups excluding carboxylic acids is 1. The van der Waals surface area contributed by atoms with Gasteiger partial charge in [-0.05, 0) is 22.4 Å². The number of nitrogens with one attached hydrogen (secondary N) is 1. The number of hydrazone groups is 1. The maximum Gasteiger partial charge on any atom is 0.297 e. The Kier molecular flexibility index (Phi) is 3.19. The fourth-order valence-corrected chi connectivity index (χ4v) is 1.16. The monoisotopic (exact) mass is 247 g/mol. The lowest BCUT2D eigenvalue weighted by Gasteiger charge is -1.97. The van der Waals surface area contributed by atoms with Crippen LogP contribution in [-0.4, -0.2) is 27.5 Å². The molecular formula is C10H9N5O3. The van der Waals surface area contributed by atoms with Gasteiger partial charge in [0.15, 0.2) is 0 Å². The Bertz CT molecular complexity index is 593. The number of phenols is 1. The Morgan fingerprint density at radius 3 is 2.89 bits per heavy atom. The molecule has 0 aliphatic rings. The highest BCUT2D eigenvalue weighted by Crippen LogP contribution is 2.12. The number of phenolic OH excluding ortho intramolecular Hbond substituents is 1. The zero-order chi connectivity index (χ0) is 13.0. The van der Waals surface area contributed by atoms with Crippen molar-refractivity contribution in [3.63, 3.8) is 0 Å². The lowest BCUT2D eigenvalue weighted by Crippen LogP contribution is -2.19. The van der Waals surface area contributed by atoms with E-state index in [1.54, 1.807) is 18.2 Å². The third kappa shape index (κ3) is 2.43. The van der Waals surface area contributed by atoms with Crippen molar-refractivity contribution >= 4 is 17.9 Å². The molecule has 0 fully saturated rings. The fourth-order valence-electron chi connectivity index (χ4n) is 1.16. The summed E-state index contributed by atoms with van der Waals surface area (Å²) in [4.78, 5) is 11.5. The van der Waals surface area contributed by atoms with E-state index >= 15 is 0 Å². The highest BCUT2D eigenvalue weighted by atomic mass is 16.6. The first-order chi connectivity index (χ1) is 8.68.